The summed E-state index contributed by atoms with van der Waals surface area (Å²) >= 11 is 1.96. The van der Waals surface area contributed by atoms with E-state index >= 15 is 0 Å². The first kappa shape index (κ1) is 20.6. The van der Waals surface area contributed by atoms with Crippen LogP contribution in [0, 0.1) is 11.8 Å². The van der Waals surface area contributed by atoms with E-state index in [-0.39, 0.29) is 5.92 Å². The second-order valence-electron chi connectivity index (χ2n) is 8.60. The van der Waals surface area contributed by atoms with Gasteiger partial charge in [-0.2, -0.15) is 11.8 Å². The lowest BCUT2D eigenvalue weighted by atomic mass is 9.85. The van der Waals surface area contributed by atoms with Crippen molar-refractivity contribution in [3.05, 3.63) is 35.9 Å². The number of hydrogen-bond acceptors (Lipinski definition) is 3. The second kappa shape index (κ2) is 9.88. The Morgan fingerprint density at radius 3 is 2.55 bits per heavy atom. The number of rotatable bonds is 5. The molecule has 3 fully saturated rings. The molecule has 1 saturated heterocycles. The number of carbonyl (C=O) groups is 1. The van der Waals surface area contributed by atoms with Crippen LogP contribution >= 0.6 is 11.8 Å². The molecule has 158 valence electrons. The number of amides is 1. The topological polar surface area (TPSA) is 56.7 Å². The molecule has 5 nitrogen and oxygen atoms in total. The van der Waals surface area contributed by atoms with Gasteiger partial charge in [0.1, 0.15) is 0 Å². The molecule has 2 saturated carbocycles. The van der Waals surface area contributed by atoms with Gasteiger partial charge in [-0.1, -0.05) is 30.3 Å². The molecular formula is C23H34N4OS. The fraction of sp³-hybridized carbons (Fsp3) is 0.652. The van der Waals surface area contributed by atoms with Crippen LogP contribution in [0.4, 0.5) is 0 Å². The van der Waals surface area contributed by atoms with E-state index < -0.39 is 0 Å². The normalized spacial score (nSPS) is 30.0. The van der Waals surface area contributed by atoms with Gasteiger partial charge in [-0.25, -0.2) is 0 Å². The number of benzene rings is 1. The Hall–Kier alpha value is -1.69. The zero-order valence-electron chi connectivity index (χ0n) is 17.5. The maximum Gasteiger partial charge on any atom is 0.225 e. The highest BCUT2D eigenvalue weighted by molar-refractivity contribution is 7.99. The molecule has 1 aromatic carbocycles. The van der Waals surface area contributed by atoms with Gasteiger partial charge in [0.2, 0.25) is 5.91 Å². The van der Waals surface area contributed by atoms with E-state index in [1.54, 1.807) is 0 Å². The summed E-state index contributed by atoms with van der Waals surface area (Å²) in [4.78, 5) is 19.2. The van der Waals surface area contributed by atoms with E-state index in [0.717, 1.165) is 62.8 Å². The molecule has 3 aliphatic rings. The predicted octanol–water partition coefficient (Wildman–Crippen LogP) is 3.09. The molecule has 2 unspecified atom stereocenters. The Bertz CT molecular complexity index is 696. The summed E-state index contributed by atoms with van der Waals surface area (Å²) in [5.74, 6) is 5.11. The Morgan fingerprint density at radius 1 is 1.14 bits per heavy atom. The molecule has 1 aliphatic heterocycles. The molecule has 29 heavy (non-hydrogen) atoms. The highest BCUT2D eigenvalue weighted by atomic mass is 32.2. The van der Waals surface area contributed by atoms with Crippen molar-refractivity contribution in [2.75, 3.05) is 38.2 Å². The first-order valence-electron chi connectivity index (χ1n) is 11.1. The Kier molecular flexibility index (Phi) is 7.01. The van der Waals surface area contributed by atoms with Gasteiger partial charge < -0.3 is 15.5 Å². The maximum atomic E-state index is 12.7. The van der Waals surface area contributed by atoms with E-state index in [1.807, 2.05) is 18.8 Å². The first-order valence-corrected chi connectivity index (χ1v) is 12.3. The molecule has 2 N–H and O–H groups in total. The van der Waals surface area contributed by atoms with Gasteiger partial charge in [0.15, 0.2) is 5.96 Å². The fourth-order valence-corrected chi connectivity index (χ4v) is 5.63. The lowest BCUT2D eigenvalue weighted by Crippen LogP contribution is -2.47. The van der Waals surface area contributed by atoms with E-state index in [2.05, 4.69) is 50.9 Å². The maximum absolute atomic E-state index is 12.7. The van der Waals surface area contributed by atoms with E-state index in [9.17, 15) is 4.79 Å². The third-order valence-electron chi connectivity index (χ3n) is 6.65. The van der Waals surface area contributed by atoms with Crippen LogP contribution < -0.4 is 10.6 Å². The Morgan fingerprint density at radius 2 is 1.86 bits per heavy atom. The lowest BCUT2D eigenvalue weighted by molar-refractivity contribution is -0.136. The summed E-state index contributed by atoms with van der Waals surface area (Å²) in [6.07, 6.45) is 5.35. The Labute approximate surface area is 179 Å². The fourth-order valence-electron chi connectivity index (χ4n) is 4.72. The molecule has 1 heterocycles. The molecular weight excluding hydrogens is 380 g/mol. The summed E-state index contributed by atoms with van der Waals surface area (Å²) in [6.45, 7) is 2.84. The van der Waals surface area contributed by atoms with Gasteiger partial charge >= 0.3 is 0 Å². The zero-order valence-corrected chi connectivity index (χ0v) is 18.3. The third kappa shape index (κ3) is 5.47. The number of nitrogens with zero attached hydrogens (tertiary/aromatic N) is 2. The molecule has 2 aliphatic carbocycles. The van der Waals surface area contributed by atoms with Crippen molar-refractivity contribution in [3.8, 4) is 0 Å². The third-order valence-corrected chi connectivity index (χ3v) is 7.59. The van der Waals surface area contributed by atoms with Crippen LogP contribution in [0.2, 0.25) is 0 Å². The lowest BCUT2D eigenvalue weighted by Gasteiger charge is -2.34. The monoisotopic (exact) mass is 414 g/mol. The van der Waals surface area contributed by atoms with Crippen molar-refractivity contribution in [3.63, 3.8) is 0 Å². The van der Waals surface area contributed by atoms with Crippen molar-refractivity contribution in [2.45, 2.75) is 44.1 Å². The quantitative estimate of drug-likeness (QED) is 0.574. The number of aliphatic imine (C=N–C) groups is 1. The van der Waals surface area contributed by atoms with Gasteiger partial charge in [0.05, 0.1) is 0 Å². The number of hydrogen-bond donors (Lipinski definition) is 2. The smallest absolute Gasteiger partial charge is 0.225 e. The molecule has 0 bridgehead atoms. The molecule has 2 atom stereocenters. The largest absolute Gasteiger partial charge is 0.356 e. The van der Waals surface area contributed by atoms with E-state index in [0.29, 0.717) is 23.8 Å². The summed E-state index contributed by atoms with van der Waals surface area (Å²) in [5, 5.41) is 7.12. The molecule has 4 rings (SSSR count). The average molecular weight is 415 g/mol. The summed E-state index contributed by atoms with van der Waals surface area (Å²) < 4.78 is 0. The van der Waals surface area contributed by atoms with Gasteiger partial charge in [-0.3, -0.25) is 9.79 Å². The molecule has 0 radical (unpaired) electrons. The van der Waals surface area contributed by atoms with Crippen molar-refractivity contribution in [1.29, 1.82) is 0 Å². The highest BCUT2D eigenvalue weighted by Gasteiger charge is 2.38. The van der Waals surface area contributed by atoms with Gasteiger partial charge in [0, 0.05) is 50.1 Å². The van der Waals surface area contributed by atoms with Crippen LogP contribution in [0.15, 0.2) is 35.3 Å². The van der Waals surface area contributed by atoms with Gasteiger partial charge in [-0.05, 0) is 49.5 Å². The first-order chi connectivity index (χ1) is 14.2. The highest BCUT2D eigenvalue weighted by Crippen LogP contribution is 2.46. The summed E-state index contributed by atoms with van der Waals surface area (Å²) in [7, 11) is 1.85. The van der Waals surface area contributed by atoms with Crippen LogP contribution in [0.25, 0.3) is 0 Å². The van der Waals surface area contributed by atoms with Crippen LogP contribution in [-0.2, 0) is 4.79 Å². The van der Waals surface area contributed by atoms with Crippen LogP contribution in [0.3, 0.4) is 0 Å². The van der Waals surface area contributed by atoms with Crippen molar-refractivity contribution in [2.24, 2.45) is 16.8 Å². The van der Waals surface area contributed by atoms with Crippen molar-refractivity contribution in [1.82, 2.24) is 15.5 Å². The number of thioether (sulfide) groups is 1. The SMILES string of the molecule is CN=C(NCC1CC1c1ccccc1)NC1CCC(C(=O)N2CCSCC2)CC1. The van der Waals surface area contributed by atoms with Gasteiger partial charge in [-0.15, -0.1) is 0 Å². The standard InChI is InChI=1S/C23H34N4OS/c1-24-23(25-16-19-15-21(19)17-5-3-2-4-6-17)26-20-9-7-18(8-10-20)22(28)27-11-13-29-14-12-27/h2-6,18-21H,7-16H2,1H3,(H2,24,25,26). The van der Waals surface area contributed by atoms with E-state index in [4.69, 9.17) is 0 Å². The zero-order chi connectivity index (χ0) is 20.1. The average Bonchev–Trinajstić information content (AvgIpc) is 3.57. The minimum absolute atomic E-state index is 0.226. The molecule has 0 spiro atoms. The Balaban J connectivity index is 1.17. The summed E-state index contributed by atoms with van der Waals surface area (Å²) in [6, 6.07) is 11.2. The molecule has 1 aromatic rings. The van der Waals surface area contributed by atoms with Crippen molar-refractivity contribution < 1.29 is 4.79 Å². The van der Waals surface area contributed by atoms with Crippen LogP contribution in [0.1, 0.15) is 43.6 Å². The van der Waals surface area contributed by atoms with E-state index in [1.165, 1.54) is 12.0 Å². The second-order valence-corrected chi connectivity index (χ2v) is 9.82. The molecule has 6 heteroatoms. The van der Waals surface area contributed by atoms with Crippen LogP contribution in [0.5, 0.6) is 0 Å². The number of carbonyl (C=O) groups excluding carboxylic acids is 1. The number of guanidine groups is 1. The van der Waals surface area contributed by atoms with Crippen LogP contribution in [-0.4, -0.2) is 61.0 Å². The minimum atomic E-state index is 0.226. The molecule has 1 amide bonds. The minimum Gasteiger partial charge on any atom is -0.356 e. The van der Waals surface area contributed by atoms with Gasteiger partial charge in [0.25, 0.3) is 0 Å². The summed E-state index contributed by atoms with van der Waals surface area (Å²) in [5.41, 5.74) is 1.46. The van der Waals surface area contributed by atoms with Crippen molar-refractivity contribution >= 4 is 23.6 Å². The molecule has 0 aromatic heterocycles. The number of nitrogens with one attached hydrogen (secondary N) is 2. The predicted molar refractivity (Wildman–Crippen MR) is 121 cm³/mol.